The molecule has 1 fully saturated rings. The average molecular weight is 171 g/mol. The standard InChI is InChI=1S/C9H17NO2/c1-3-7-5-4-6-9(7,10)8(11)12-2/h7H,3-6,10H2,1-2H3/t7-,9+/m0/s1. The van der Waals surface area contributed by atoms with Crippen LogP contribution in [0, 0.1) is 5.92 Å². The molecule has 2 atom stereocenters. The molecule has 3 heteroatoms. The number of hydrogen-bond acceptors (Lipinski definition) is 3. The van der Waals surface area contributed by atoms with Crippen LogP contribution in [0.1, 0.15) is 32.6 Å². The number of methoxy groups -OCH3 is 1. The molecule has 1 aliphatic rings. The minimum atomic E-state index is -0.691. The summed E-state index contributed by atoms with van der Waals surface area (Å²) in [6, 6.07) is 0. The fourth-order valence-corrected chi connectivity index (χ4v) is 2.13. The first-order valence-corrected chi connectivity index (χ1v) is 4.52. The lowest BCUT2D eigenvalue weighted by Gasteiger charge is -2.27. The summed E-state index contributed by atoms with van der Waals surface area (Å²) in [5.41, 5.74) is 5.30. The Morgan fingerprint density at radius 2 is 2.42 bits per heavy atom. The summed E-state index contributed by atoms with van der Waals surface area (Å²) in [5.74, 6) is 0.0665. The van der Waals surface area contributed by atoms with Crippen molar-refractivity contribution >= 4 is 5.97 Å². The third-order valence-corrected chi connectivity index (χ3v) is 2.93. The van der Waals surface area contributed by atoms with E-state index < -0.39 is 5.54 Å². The second kappa shape index (κ2) is 3.44. The van der Waals surface area contributed by atoms with Crippen molar-refractivity contribution < 1.29 is 9.53 Å². The van der Waals surface area contributed by atoms with E-state index in [0.717, 1.165) is 25.7 Å². The van der Waals surface area contributed by atoms with Crippen molar-refractivity contribution in [3.63, 3.8) is 0 Å². The lowest BCUT2D eigenvalue weighted by molar-refractivity contribution is -0.148. The number of carbonyl (C=O) groups is 1. The predicted molar refractivity (Wildman–Crippen MR) is 46.6 cm³/mol. The quantitative estimate of drug-likeness (QED) is 0.632. The maximum absolute atomic E-state index is 11.4. The molecular formula is C9H17NO2. The molecule has 2 N–H and O–H groups in total. The Kier molecular flexibility index (Phi) is 2.73. The zero-order valence-electron chi connectivity index (χ0n) is 7.80. The zero-order chi connectivity index (χ0) is 9.19. The summed E-state index contributed by atoms with van der Waals surface area (Å²) in [5, 5.41) is 0. The molecule has 12 heavy (non-hydrogen) atoms. The minimum absolute atomic E-state index is 0.244. The molecule has 0 aromatic carbocycles. The van der Waals surface area contributed by atoms with Crippen molar-refractivity contribution in [2.45, 2.75) is 38.1 Å². The van der Waals surface area contributed by atoms with E-state index in [1.54, 1.807) is 0 Å². The molecule has 1 aliphatic carbocycles. The van der Waals surface area contributed by atoms with Gasteiger partial charge in [-0.2, -0.15) is 0 Å². The summed E-state index contributed by atoms with van der Waals surface area (Å²) in [6.07, 6.45) is 3.84. The molecule has 0 spiro atoms. The van der Waals surface area contributed by atoms with Crippen LogP contribution in [-0.4, -0.2) is 18.6 Å². The van der Waals surface area contributed by atoms with Gasteiger partial charge < -0.3 is 10.5 Å². The maximum Gasteiger partial charge on any atom is 0.326 e. The van der Waals surface area contributed by atoms with Gasteiger partial charge in [0.1, 0.15) is 5.54 Å². The van der Waals surface area contributed by atoms with Gasteiger partial charge in [0.2, 0.25) is 0 Å². The summed E-state index contributed by atoms with van der Waals surface area (Å²) in [7, 11) is 1.40. The first-order chi connectivity index (χ1) is 5.65. The van der Waals surface area contributed by atoms with Gasteiger partial charge in [-0.05, 0) is 18.8 Å². The van der Waals surface area contributed by atoms with Crippen LogP contribution in [0.15, 0.2) is 0 Å². The lowest BCUT2D eigenvalue weighted by atomic mass is 9.86. The largest absolute Gasteiger partial charge is 0.468 e. The lowest BCUT2D eigenvalue weighted by Crippen LogP contribution is -2.51. The Hall–Kier alpha value is -0.570. The van der Waals surface area contributed by atoms with Crippen LogP contribution in [0.5, 0.6) is 0 Å². The molecule has 0 unspecified atom stereocenters. The number of rotatable bonds is 2. The van der Waals surface area contributed by atoms with Crippen LogP contribution in [0.3, 0.4) is 0 Å². The number of carbonyl (C=O) groups excluding carboxylic acids is 1. The predicted octanol–water partition coefficient (Wildman–Crippen LogP) is 1.07. The van der Waals surface area contributed by atoms with Crippen molar-refractivity contribution in [3.8, 4) is 0 Å². The fourth-order valence-electron chi connectivity index (χ4n) is 2.13. The molecule has 3 nitrogen and oxygen atoms in total. The van der Waals surface area contributed by atoms with Crippen LogP contribution in [-0.2, 0) is 9.53 Å². The number of ether oxygens (including phenoxy) is 1. The fraction of sp³-hybridized carbons (Fsp3) is 0.889. The number of nitrogens with two attached hydrogens (primary N) is 1. The molecule has 0 heterocycles. The van der Waals surface area contributed by atoms with E-state index in [1.165, 1.54) is 7.11 Å². The molecular weight excluding hydrogens is 154 g/mol. The van der Waals surface area contributed by atoms with E-state index in [4.69, 9.17) is 10.5 Å². The van der Waals surface area contributed by atoms with Crippen LogP contribution in [0.2, 0.25) is 0 Å². The molecule has 70 valence electrons. The minimum Gasteiger partial charge on any atom is -0.468 e. The van der Waals surface area contributed by atoms with E-state index >= 15 is 0 Å². The van der Waals surface area contributed by atoms with Crippen molar-refractivity contribution in [1.82, 2.24) is 0 Å². The van der Waals surface area contributed by atoms with Crippen LogP contribution in [0.25, 0.3) is 0 Å². The van der Waals surface area contributed by atoms with Crippen molar-refractivity contribution in [2.75, 3.05) is 7.11 Å². The third-order valence-electron chi connectivity index (χ3n) is 2.93. The van der Waals surface area contributed by atoms with Gasteiger partial charge >= 0.3 is 5.97 Å². The summed E-state index contributed by atoms with van der Waals surface area (Å²) < 4.78 is 4.71. The monoisotopic (exact) mass is 171 g/mol. The van der Waals surface area contributed by atoms with Crippen molar-refractivity contribution in [1.29, 1.82) is 0 Å². The highest BCUT2D eigenvalue weighted by Gasteiger charge is 2.45. The van der Waals surface area contributed by atoms with Gasteiger partial charge in [-0.15, -0.1) is 0 Å². The van der Waals surface area contributed by atoms with Gasteiger partial charge in [0.15, 0.2) is 0 Å². The van der Waals surface area contributed by atoms with Crippen LogP contribution < -0.4 is 5.73 Å². The highest BCUT2D eigenvalue weighted by Crippen LogP contribution is 2.36. The second-order valence-electron chi connectivity index (χ2n) is 3.53. The molecule has 1 saturated carbocycles. The molecule has 0 bridgehead atoms. The molecule has 0 radical (unpaired) electrons. The Bertz CT molecular complexity index is 181. The smallest absolute Gasteiger partial charge is 0.326 e. The SMILES string of the molecule is CC[C@H]1CCC[C@]1(N)C(=O)OC. The molecule has 0 amide bonds. The summed E-state index contributed by atoms with van der Waals surface area (Å²) >= 11 is 0. The van der Waals surface area contributed by atoms with E-state index in [-0.39, 0.29) is 5.97 Å². The number of esters is 1. The summed E-state index contributed by atoms with van der Waals surface area (Å²) in [4.78, 5) is 11.4. The summed E-state index contributed by atoms with van der Waals surface area (Å²) in [6.45, 7) is 2.07. The van der Waals surface area contributed by atoms with Crippen molar-refractivity contribution in [2.24, 2.45) is 11.7 Å². The zero-order valence-corrected chi connectivity index (χ0v) is 7.80. The van der Waals surface area contributed by atoms with Crippen LogP contribution in [0.4, 0.5) is 0 Å². The molecule has 0 saturated heterocycles. The highest BCUT2D eigenvalue weighted by molar-refractivity contribution is 5.81. The Balaban J connectivity index is 2.74. The first-order valence-electron chi connectivity index (χ1n) is 4.52. The third kappa shape index (κ3) is 1.33. The van der Waals surface area contributed by atoms with Gasteiger partial charge in [-0.25, -0.2) is 0 Å². The normalized spacial score (nSPS) is 35.1. The Morgan fingerprint density at radius 1 is 1.75 bits per heavy atom. The van der Waals surface area contributed by atoms with E-state index in [2.05, 4.69) is 6.92 Å². The average Bonchev–Trinajstić information content (AvgIpc) is 2.46. The first kappa shape index (κ1) is 9.52. The molecule has 0 aromatic rings. The van der Waals surface area contributed by atoms with Gasteiger partial charge in [-0.3, -0.25) is 4.79 Å². The van der Waals surface area contributed by atoms with Gasteiger partial charge in [0.25, 0.3) is 0 Å². The topological polar surface area (TPSA) is 52.3 Å². The number of hydrogen-bond donors (Lipinski definition) is 1. The molecule has 0 aromatic heterocycles. The molecule has 0 aliphatic heterocycles. The van der Waals surface area contributed by atoms with Gasteiger partial charge in [-0.1, -0.05) is 19.8 Å². The maximum atomic E-state index is 11.4. The Labute approximate surface area is 73.3 Å². The van der Waals surface area contributed by atoms with Crippen LogP contribution >= 0.6 is 0 Å². The van der Waals surface area contributed by atoms with Gasteiger partial charge in [0.05, 0.1) is 7.11 Å². The van der Waals surface area contributed by atoms with E-state index in [0.29, 0.717) is 5.92 Å². The Morgan fingerprint density at radius 3 is 2.92 bits per heavy atom. The molecule has 1 rings (SSSR count). The van der Waals surface area contributed by atoms with Gasteiger partial charge in [0, 0.05) is 0 Å². The second-order valence-corrected chi connectivity index (χ2v) is 3.53. The van der Waals surface area contributed by atoms with E-state index in [9.17, 15) is 4.79 Å². The highest BCUT2D eigenvalue weighted by atomic mass is 16.5. The van der Waals surface area contributed by atoms with E-state index in [1.807, 2.05) is 0 Å². The van der Waals surface area contributed by atoms with Crippen molar-refractivity contribution in [3.05, 3.63) is 0 Å².